The SMILES string of the molecule is Cc1ccc(F)cc1NC(=O)N1CCCC(N2CCCC2)C1. The highest BCUT2D eigenvalue weighted by Gasteiger charge is 2.29. The molecule has 1 unspecified atom stereocenters. The minimum absolute atomic E-state index is 0.113. The molecule has 4 nitrogen and oxygen atoms in total. The predicted molar refractivity (Wildman–Crippen MR) is 85.6 cm³/mol. The number of rotatable bonds is 2. The number of benzene rings is 1. The molecule has 2 aliphatic heterocycles. The van der Waals surface area contributed by atoms with Gasteiger partial charge in [0.1, 0.15) is 5.82 Å². The number of aryl methyl sites for hydroxylation is 1. The fourth-order valence-electron chi connectivity index (χ4n) is 3.47. The summed E-state index contributed by atoms with van der Waals surface area (Å²) in [7, 11) is 0. The van der Waals surface area contributed by atoms with Crippen LogP contribution in [0.2, 0.25) is 0 Å². The number of piperidine rings is 1. The molecule has 0 radical (unpaired) electrons. The maximum Gasteiger partial charge on any atom is 0.321 e. The Morgan fingerprint density at radius 3 is 2.77 bits per heavy atom. The molecule has 0 saturated carbocycles. The molecular weight excluding hydrogens is 281 g/mol. The van der Waals surface area contributed by atoms with Crippen molar-refractivity contribution < 1.29 is 9.18 Å². The van der Waals surface area contributed by atoms with Gasteiger partial charge < -0.3 is 10.2 Å². The van der Waals surface area contributed by atoms with E-state index in [4.69, 9.17) is 0 Å². The second kappa shape index (κ2) is 6.65. The van der Waals surface area contributed by atoms with Gasteiger partial charge in [-0.15, -0.1) is 0 Å². The van der Waals surface area contributed by atoms with Gasteiger partial charge in [-0.25, -0.2) is 9.18 Å². The molecule has 120 valence electrons. The van der Waals surface area contributed by atoms with E-state index in [1.807, 2.05) is 11.8 Å². The lowest BCUT2D eigenvalue weighted by molar-refractivity contribution is 0.132. The van der Waals surface area contributed by atoms with Gasteiger partial charge in [-0.2, -0.15) is 0 Å². The third-order valence-corrected chi connectivity index (χ3v) is 4.78. The standard InChI is InChI=1S/C17H24FN3O/c1-13-6-7-14(18)11-16(13)19-17(22)21-10-4-5-15(12-21)20-8-2-3-9-20/h6-7,11,15H,2-5,8-10,12H2,1H3,(H,19,22). The van der Waals surface area contributed by atoms with Crippen LogP contribution in [0.25, 0.3) is 0 Å². The molecule has 1 atom stereocenters. The summed E-state index contributed by atoms with van der Waals surface area (Å²) in [5.74, 6) is -0.325. The average Bonchev–Trinajstić information content (AvgIpc) is 3.05. The summed E-state index contributed by atoms with van der Waals surface area (Å²) < 4.78 is 13.3. The molecular formula is C17H24FN3O. The Kier molecular flexibility index (Phi) is 4.62. The summed E-state index contributed by atoms with van der Waals surface area (Å²) in [6.07, 6.45) is 4.75. The van der Waals surface area contributed by atoms with Crippen LogP contribution in [0.4, 0.5) is 14.9 Å². The molecule has 2 fully saturated rings. The number of carbonyl (C=O) groups is 1. The number of nitrogens with one attached hydrogen (secondary N) is 1. The van der Waals surface area contributed by atoms with Crippen LogP contribution < -0.4 is 5.32 Å². The van der Waals surface area contributed by atoms with Crippen molar-refractivity contribution in [3.05, 3.63) is 29.6 Å². The van der Waals surface area contributed by atoms with Gasteiger partial charge in [0.2, 0.25) is 0 Å². The average molecular weight is 305 g/mol. The van der Waals surface area contributed by atoms with Crippen LogP contribution in [0.15, 0.2) is 18.2 Å². The molecule has 2 aliphatic rings. The quantitative estimate of drug-likeness (QED) is 0.910. The minimum Gasteiger partial charge on any atom is -0.323 e. The maximum absolute atomic E-state index is 13.3. The van der Waals surface area contributed by atoms with Crippen LogP contribution in [0.3, 0.4) is 0 Å². The Hall–Kier alpha value is -1.62. The summed E-state index contributed by atoms with van der Waals surface area (Å²) in [6.45, 7) is 5.75. The van der Waals surface area contributed by atoms with E-state index in [1.54, 1.807) is 6.07 Å². The monoisotopic (exact) mass is 305 g/mol. The number of amides is 2. The van der Waals surface area contributed by atoms with Crippen molar-refractivity contribution in [1.82, 2.24) is 9.80 Å². The van der Waals surface area contributed by atoms with Crippen molar-refractivity contribution >= 4 is 11.7 Å². The number of hydrogen-bond donors (Lipinski definition) is 1. The zero-order chi connectivity index (χ0) is 15.5. The van der Waals surface area contributed by atoms with Gasteiger partial charge in [-0.3, -0.25) is 4.90 Å². The molecule has 0 spiro atoms. The second-order valence-electron chi connectivity index (χ2n) is 6.37. The summed E-state index contributed by atoms with van der Waals surface area (Å²) in [4.78, 5) is 16.8. The Labute approximate surface area is 131 Å². The molecule has 0 aliphatic carbocycles. The lowest BCUT2D eigenvalue weighted by Gasteiger charge is -2.37. The number of likely N-dealkylation sites (tertiary alicyclic amines) is 2. The molecule has 22 heavy (non-hydrogen) atoms. The first kappa shape index (κ1) is 15.3. The van der Waals surface area contributed by atoms with Gasteiger partial charge in [0.15, 0.2) is 0 Å². The van der Waals surface area contributed by atoms with Crippen LogP contribution in [0.5, 0.6) is 0 Å². The van der Waals surface area contributed by atoms with Crippen LogP contribution in [0.1, 0.15) is 31.2 Å². The summed E-state index contributed by atoms with van der Waals surface area (Å²) in [5.41, 5.74) is 1.44. The minimum atomic E-state index is -0.325. The third-order valence-electron chi connectivity index (χ3n) is 4.78. The first-order valence-corrected chi connectivity index (χ1v) is 8.19. The van der Waals surface area contributed by atoms with Crippen molar-refractivity contribution in [2.45, 2.75) is 38.6 Å². The van der Waals surface area contributed by atoms with Crippen molar-refractivity contribution in [2.75, 3.05) is 31.5 Å². The number of anilines is 1. The topological polar surface area (TPSA) is 35.6 Å². The first-order valence-electron chi connectivity index (χ1n) is 8.19. The van der Waals surface area contributed by atoms with Gasteiger partial charge in [0.05, 0.1) is 0 Å². The number of carbonyl (C=O) groups excluding carboxylic acids is 1. The van der Waals surface area contributed by atoms with Gasteiger partial charge >= 0.3 is 6.03 Å². The largest absolute Gasteiger partial charge is 0.323 e. The van der Waals surface area contributed by atoms with Gasteiger partial charge in [0, 0.05) is 24.8 Å². The van der Waals surface area contributed by atoms with Gasteiger partial charge in [0.25, 0.3) is 0 Å². The Morgan fingerprint density at radius 2 is 2.00 bits per heavy atom. The molecule has 2 saturated heterocycles. The molecule has 2 amide bonds. The molecule has 5 heteroatoms. The normalized spacial score (nSPS) is 22.8. The molecule has 2 heterocycles. The second-order valence-corrected chi connectivity index (χ2v) is 6.37. The molecule has 1 aromatic rings. The lowest BCUT2D eigenvalue weighted by Crippen LogP contribution is -2.50. The number of nitrogens with zero attached hydrogens (tertiary/aromatic N) is 2. The number of urea groups is 1. The summed E-state index contributed by atoms with van der Waals surface area (Å²) in [6, 6.07) is 4.85. The fraction of sp³-hybridized carbons (Fsp3) is 0.588. The zero-order valence-corrected chi connectivity index (χ0v) is 13.1. The maximum atomic E-state index is 13.3. The van der Waals surface area contributed by atoms with Gasteiger partial charge in [-0.1, -0.05) is 6.07 Å². The Bertz CT molecular complexity index is 543. The Balaban J connectivity index is 1.62. The van der Waals surface area contributed by atoms with Crippen LogP contribution in [-0.2, 0) is 0 Å². The summed E-state index contributed by atoms with van der Waals surface area (Å²) in [5, 5.41) is 2.86. The zero-order valence-electron chi connectivity index (χ0n) is 13.1. The van der Waals surface area contributed by atoms with E-state index in [9.17, 15) is 9.18 Å². The summed E-state index contributed by atoms with van der Waals surface area (Å²) >= 11 is 0. The van der Waals surface area contributed by atoms with Crippen molar-refractivity contribution in [2.24, 2.45) is 0 Å². The lowest BCUT2D eigenvalue weighted by atomic mass is 10.0. The molecule has 0 aromatic heterocycles. The van der Waals surface area contributed by atoms with Crippen LogP contribution in [-0.4, -0.2) is 48.1 Å². The highest BCUT2D eigenvalue weighted by Crippen LogP contribution is 2.22. The van der Waals surface area contributed by atoms with Crippen molar-refractivity contribution in [1.29, 1.82) is 0 Å². The van der Waals surface area contributed by atoms with E-state index in [2.05, 4.69) is 10.2 Å². The number of hydrogen-bond acceptors (Lipinski definition) is 2. The van der Waals surface area contributed by atoms with E-state index >= 15 is 0 Å². The van der Waals surface area contributed by atoms with E-state index in [0.29, 0.717) is 11.7 Å². The smallest absolute Gasteiger partial charge is 0.321 e. The highest BCUT2D eigenvalue weighted by atomic mass is 19.1. The molecule has 1 aromatic carbocycles. The van der Waals surface area contributed by atoms with Crippen molar-refractivity contribution in [3.8, 4) is 0 Å². The molecule has 3 rings (SSSR count). The molecule has 0 bridgehead atoms. The van der Waals surface area contributed by atoms with E-state index < -0.39 is 0 Å². The van der Waals surface area contributed by atoms with Gasteiger partial charge in [-0.05, 0) is 63.4 Å². The first-order chi connectivity index (χ1) is 10.6. The number of halogens is 1. The fourth-order valence-corrected chi connectivity index (χ4v) is 3.47. The van der Waals surface area contributed by atoms with Crippen LogP contribution >= 0.6 is 0 Å². The van der Waals surface area contributed by atoms with Crippen LogP contribution in [0, 0.1) is 12.7 Å². The molecule has 1 N–H and O–H groups in total. The van der Waals surface area contributed by atoms with E-state index in [-0.39, 0.29) is 11.8 Å². The third kappa shape index (κ3) is 3.40. The van der Waals surface area contributed by atoms with E-state index in [0.717, 1.165) is 38.2 Å². The van der Waals surface area contributed by atoms with E-state index in [1.165, 1.54) is 31.4 Å². The predicted octanol–water partition coefficient (Wildman–Crippen LogP) is 3.23. The van der Waals surface area contributed by atoms with Crippen molar-refractivity contribution in [3.63, 3.8) is 0 Å². The Morgan fingerprint density at radius 1 is 1.23 bits per heavy atom. The highest BCUT2D eigenvalue weighted by molar-refractivity contribution is 5.90.